The molecule has 1 atom stereocenters. The maximum Gasteiger partial charge on any atom is 0.181 e. The molecule has 1 radical (unpaired) electrons. The molecule has 2 aromatic rings. The Balaban J connectivity index is 2.39. The summed E-state index contributed by atoms with van der Waals surface area (Å²) >= 11 is 0. The first-order valence-electron chi connectivity index (χ1n) is 7.28. The lowest BCUT2D eigenvalue weighted by molar-refractivity contribution is 0.0712. The number of carbonyl (C=O) groups is 2. The van der Waals surface area contributed by atoms with Crippen LogP contribution < -0.4 is 0 Å². The quantitative estimate of drug-likeness (QED) is 0.577. The molecule has 0 amide bonds. The lowest BCUT2D eigenvalue weighted by Gasteiger charge is -2.22. The van der Waals surface area contributed by atoms with Gasteiger partial charge in [0.2, 0.25) is 0 Å². The minimum Gasteiger partial charge on any atom is -0.380 e. The molecule has 0 aliphatic carbocycles. The summed E-state index contributed by atoms with van der Waals surface area (Å²) in [7, 11) is 1.52. The fourth-order valence-corrected chi connectivity index (χ4v) is 2.37. The van der Waals surface area contributed by atoms with Crippen LogP contribution in [0.5, 0.6) is 0 Å². The van der Waals surface area contributed by atoms with E-state index < -0.39 is 6.10 Å². The van der Waals surface area contributed by atoms with Gasteiger partial charge in [0, 0.05) is 18.2 Å². The van der Waals surface area contributed by atoms with Crippen LogP contribution in [0.4, 0.5) is 0 Å². The van der Waals surface area contributed by atoms with Gasteiger partial charge in [-0.05, 0) is 6.42 Å². The van der Waals surface area contributed by atoms with Gasteiger partial charge in [-0.2, -0.15) is 0 Å². The zero-order chi connectivity index (χ0) is 15.9. The molecule has 0 bridgehead atoms. The maximum absolute atomic E-state index is 12.8. The average Bonchev–Trinajstić information content (AvgIpc) is 2.60. The van der Waals surface area contributed by atoms with E-state index in [0.29, 0.717) is 17.5 Å². The topological polar surface area (TPSA) is 43.4 Å². The van der Waals surface area contributed by atoms with E-state index in [1.54, 1.807) is 48.5 Å². The van der Waals surface area contributed by atoms with Gasteiger partial charge in [-0.15, -0.1) is 0 Å². The highest BCUT2D eigenvalue weighted by Crippen LogP contribution is 2.24. The van der Waals surface area contributed by atoms with Crippen LogP contribution in [0.25, 0.3) is 0 Å². The van der Waals surface area contributed by atoms with Gasteiger partial charge in [-0.3, -0.25) is 9.59 Å². The van der Waals surface area contributed by atoms with Crippen molar-refractivity contribution in [2.75, 3.05) is 7.11 Å². The standard InChI is InChI=1S/C19H19O3/c1-3-16(22-2)17(18(20)14-10-6-4-7-11-14)19(21)15-12-8-5-9-13-15/h4-13,16H,3H2,1-2H3. The Morgan fingerprint density at radius 2 is 1.27 bits per heavy atom. The summed E-state index contributed by atoms with van der Waals surface area (Å²) < 4.78 is 5.37. The van der Waals surface area contributed by atoms with Crippen LogP contribution in [0, 0.1) is 5.92 Å². The number of ketones is 2. The number of rotatable bonds is 7. The van der Waals surface area contributed by atoms with Crippen molar-refractivity contribution in [3.05, 3.63) is 77.7 Å². The van der Waals surface area contributed by atoms with Crippen LogP contribution in [-0.2, 0) is 4.74 Å². The predicted octanol–water partition coefficient (Wildman–Crippen LogP) is 3.75. The molecule has 0 saturated heterocycles. The van der Waals surface area contributed by atoms with Crippen molar-refractivity contribution in [2.45, 2.75) is 19.4 Å². The number of hydrogen-bond acceptors (Lipinski definition) is 3. The lowest BCUT2D eigenvalue weighted by atomic mass is 9.84. The Hall–Kier alpha value is -2.26. The van der Waals surface area contributed by atoms with E-state index in [4.69, 9.17) is 4.74 Å². The first kappa shape index (κ1) is 16.1. The van der Waals surface area contributed by atoms with Crippen LogP contribution in [0.3, 0.4) is 0 Å². The SMILES string of the molecule is CCC(OC)[C](C(=O)c1ccccc1)C(=O)c1ccccc1. The molecule has 0 fully saturated rings. The first-order valence-corrected chi connectivity index (χ1v) is 7.28. The molecule has 0 aliphatic rings. The van der Waals surface area contributed by atoms with Crippen LogP contribution in [-0.4, -0.2) is 24.8 Å². The van der Waals surface area contributed by atoms with Gasteiger partial charge >= 0.3 is 0 Å². The van der Waals surface area contributed by atoms with Gasteiger partial charge in [0.05, 0.1) is 6.10 Å². The molecule has 2 aromatic carbocycles. The second-order valence-electron chi connectivity index (χ2n) is 4.94. The van der Waals surface area contributed by atoms with E-state index in [1.807, 2.05) is 19.1 Å². The van der Waals surface area contributed by atoms with Crippen molar-refractivity contribution < 1.29 is 14.3 Å². The third-order valence-corrected chi connectivity index (χ3v) is 3.54. The van der Waals surface area contributed by atoms with Gasteiger partial charge in [-0.1, -0.05) is 67.6 Å². The molecular formula is C19H19O3. The van der Waals surface area contributed by atoms with Crippen molar-refractivity contribution in [3.63, 3.8) is 0 Å². The molecule has 3 heteroatoms. The van der Waals surface area contributed by atoms with E-state index >= 15 is 0 Å². The molecule has 1 unspecified atom stereocenters. The number of benzene rings is 2. The summed E-state index contributed by atoms with van der Waals surface area (Å²) in [5.74, 6) is -0.367. The zero-order valence-electron chi connectivity index (χ0n) is 12.8. The summed E-state index contributed by atoms with van der Waals surface area (Å²) in [4.78, 5) is 25.6. The van der Waals surface area contributed by atoms with Crippen LogP contribution in [0.15, 0.2) is 60.7 Å². The molecule has 3 nitrogen and oxygen atoms in total. The van der Waals surface area contributed by atoms with Crippen molar-refractivity contribution in [1.82, 2.24) is 0 Å². The smallest absolute Gasteiger partial charge is 0.181 e. The molecule has 0 aliphatic heterocycles. The van der Waals surface area contributed by atoms with Gasteiger partial charge in [-0.25, -0.2) is 0 Å². The Morgan fingerprint density at radius 1 is 0.864 bits per heavy atom. The summed E-state index contributed by atoms with van der Waals surface area (Å²) in [5.41, 5.74) is 0.995. The molecule has 2 rings (SSSR count). The molecule has 0 spiro atoms. The molecule has 113 valence electrons. The number of carbonyl (C=O) groups excluding carboxylic acids is 2. The lowest BCUT2D eigenvalue weighted by Crippen LogP contribution is -2.34. The van der Waals surface area contributed by atoms with Crippen molar-refractivity contribution >= 4 is 11.6 Å². The normalized spacial score (nSPS) is 12.1. The fourth-order valence-electron chi connectivity index (χ4n) is 2.37. The summed E-state index contributed by atoms with van der Waals surface area (Å²) in [6.07, 6.45) is 0.0450. The van der Waals surface area contributed by atoms with Crippen molar-refractivity contribution in [3.8, 4) is 0 Å². The van der Waals surface area contributed by atoms with E-state index in [2.05, 4.69) is 0 Å². The highest BCUT2D eigenvalue weighted by molar-refractivity contribution is 6.28. The van der Waals surface area contributed by atoms with Crippen molar-refractivity contribution in [1.29, 1.82) is 0 Å². The van der Waals surface area contributed by atoms with E-state index in [0.717, 1.165) is 0 Å². The molecular weight excluding hydrogens is 276 g/mol. The van der Waals surface area contributed by atoms with Crippen LogP contribution in [0.2, 0.25) is 0 Å². The molecule has 0 saturated carbocycles. The van der Waals surface area contributed by atoms with Crippen molar-refractivity contribution in [2.24, 2.45) is 0 Å². The number of methoxy groups -OCH3 is 1. The Labute approximate surface area is 130 Å². The van der Waals surface area contributed by atoms with Crippen LogP contribution >= 0.6 is 0 Å². The molecule has 0 aromatic heterocycles. The third kappa shape index (κ3) is 3.49. The fraction of sp³-hybridized carbons (Fsp3) is 0.211. The van der Waals surface area contributed by atoms with Gasteiger partial charge in [0.15, 0.2) is 11.6 Å². The average molecular weight is 295 g/mol. The largest absolute Gasteiger partial charge is 0.380 e. The van der Waals surface area contributed by atoms with E-state index in [1.165, 1.54) is 7.11 Å². The van der Waals surface area contributed by atoms with Crippen LogP contribution in [0.1, 0.15) is 34.1 Å². The molecule has 0 heterocycles. The minimum absolute atomic E-state index is 0.183. The Bertz CT molecular complexity index is 564. The summed E-state index contributed by atoms with van der Waals surface area (Å²) in [6, 6.07) is 17.7. The molecule has 22 heavy (non-hydrogen) atoms. The number of Topliss-reactive ketones (excluding diaryl/α,β-unsaturated/α-hetero) is 2. The summed E-state index contributed by atoms with van der Waals surface area (Å²) in [6.45, 7) is 1.89. The third-order valence-electron chi connectivity index (χ3n) is 3.54. The highest BCUT2D eigenvalue weighted by Gasteiger charge is 2.36. The second kappa shape index (κ2) is 7.66. The van der Waals surface area contributed by atoms with Gasteiger partial charge in [0.25, 0.3) is 0 Å². The van der Waals surface area contributed by atoms with E-state index in [9.17, 15) is 9.59 Å². The highest BCUT2D eigenvalue weighted by atomic mass is 16.5. The monoisotopic (exact) mass is 295 g/mol. The molecule has 0 N–H and O–H groups in total. The number of hydrogen-bond donors (Lipinski definition) is 0. The predicted molar refractivity (Wildman–Crippen MR) is 85.9 cm³/mol. The number of ether oxygens (including phenoxy) is 1. The maximum atomic E-state index is 12.8. The first-order chi connectivity index (χ1) is 10.7. The van der Waals surface area contributed by atoms with Gasteiger partial charge < -0.3 is 4.74 Å². The second-order valence-corrected chi connectivity index (χ2v) is 4.94. The van der Waals surface area contributed by atoms with Gasteiger partial charge in [0.1, 0.15) is 5.92 Å². The summed E-state index contributed by atoms with van der Waals surface area (Å²) in [5, 5.41) is 0. The Morgan fingerprint density at radius 3 is 1.59 bits per heavy atom. The van der Waals surface area contributed by atoms with E-state index in [-0.39, 0.29) is 17.5 Å². The Kier molecular flexibility index (Phi) is 5.61. The zero-order valence-corrected chi connectivity index (χ0v) is 12.8. The minimum atomic E-state index is -0.514.